The van der Waals surface area contributed by atoms with E-state index < -0.39 is 17.7 Å². The Bertz CT molecular complexity index is 512. The van der Waals surface area contributed by atoms with E-state index in [0.29, 0.717) is 5.02 Å². The number of hydrogen-bond acceptors (Lipinski definition) is 4. The van der Waals surface area contributed by atoms with Crippen LogP contribution in [0.2, 0.25) is 10.0 Å². The van der Waals surface area contributed by atoms with Crippen LogP contribution in [0.4, 0.5) is 0 Å². The first-order valence-electron chi connectivity index (χ1n) is 5.05. The van der Waals surface area contributed by atoms with Crippen molar-refractivity contribution in [3.8, 4) is 0 Å². The number of aliphatic hydroxyl groups excluding tert-OH is 2. The van der Waals surface area contributed by atoms with Gasteiger partial charge in [0.15, 0.2) is 11.1 Å². The van der Waals surface area contributed by atoms with Crippen LogP contribution in [-0.2, 0) is 4.74 Å². The molecule has 0 saturated carbocycles. The Morgan fingerprint density at radius 1 is 1.50 bits per heavy atom. The van der Waals surface area contributed by atoms with Crippen LogP contribution in [0.3, 0.4) is 0 Å². The van der Waals surface area contributed by atoms with E-state index in [1.807, 2.05) is 0 Å². The Hall–Kier alpha value is -1.48. The van der Waals surface area contributed by atoms with Crippen molar-refractivity contribution in [2.75, 3.05) is 6.61 Å². The highest BCUT2D eigenvalue weighted by Crippen LogP contribution is 2.32. The minimum atomic E-state index is -1.42. The molecule has 0 amide bonds. The molecule has 2 N–H and O–H groups in total. The van der Waals surface area contributed by atoms with E-state index in [1.54, 1.807) is 6.92 Å². The summed E-state index contributed by atoms with van der Waals surface area (Å²) in [6.07, 6.45) is -1.42. The van der Waals surface area contributed by atoms with Gasteiger partial charge in [-0.3, -0.25) is 0 Å². The molecule has 0 radical (unpaired) electrons. The largest absolute Gasteiger partial charge is 0.475 e. The topological polar surface area (TPSA) is 77.8 Å². The smallest absolute Gasteiger partial charge is 0.472 e. The van der Waals surface area contributed by atoms with E-state index >= 15 is 0 Å². The van der Waals surface area contributed by atoms with Gasteiger partial charge in [-0.2, -0.15) is 0 Å². The summed E-state index contributed by atoms with van der Waals surface area (Å²) in [5, 5.41) is 28.8. The van der Waals surface area contributed by atoms with Crippen molar-refractivity contribution in [1.29, 1.82) is 5.39 Å². The van der Waals surface area contributed by atoms with Crippen molar-refractivity contribution in [3.05, 3.63) is 50.4 Å². The molecule has 0 aliphatic heterocycles. The Balaban J connectivity index is 3.16. The summed E-state index contributed by atoms with van der Waals surface area (Å²) in [6.45, 7) is 1.79. The van der Waals surface area contributed by atoms with Gasteiger partial charge in [-0.15, -0.1) is 0 Å². The second kappa shape index (κ2) is 6.45. The Kier molecular flexibility index (Phi) is 5.23. The molecule has 1 aromatic carbocycles. The van der Waals surface area contributed by atoms with Crippen LogP contribution >= 0.6 is 23.2 Å². The van der Waals surface area contributed by atoms with Crippen molar-refractivity contribution in [1.82, 2.24) is 0 Å². The number of benzene rings is 1. The molecule has 18 heavy (non-hydrogen) atoms. The van der Waals surface area contributed by atoms with Crippen LogP contribution in [0.25, 0.3) is 4.98 Å². The maximum Gasteiger partial charge on any atom is 0.472 e. The van der Waals surface area contributed by atoms with E-state index in [1.165, 1.54) is 18.2 Å². The van der Waals surface area contributed by atoms with E-state index in [4.69, 9.17) is 33.3 Å². The molecule has 0 heterocycles. The molecule has 5 nitrogen and oxygen atoms in total. The van der Waals surface area contributed by atoms with Crippen LogP contribution in [0.15, 0.2) is 29.8 Å². The maximum atomic E-state index is 9.97. The fourth-order valence-corrected chi connectivity index (χ4v) is 1.81. The second-order valence-electron chi connectivity index (χ2n) is 3.29. The second-order valence-corrected chi connectivity index (χ2v) is 4.14. The number of hydrogen-bond donors (Lipinski definition) is 2. The SMILES string of the molecule is CCO/C(O)=C(\[N+]#N)C(O)c1ccc(Cl)cc1Cl. The summed E-state index contributed by atoms with van der Waals surface area (Å²) in [7, 11) is 0. The Labute approximate surface area is 114 Å². The first-order chi connectivity index (χ1) is 8.51. The highest BCUT2D eigenvalue weighted by atomic mass is 35.5. The van der Waals surface area contributed by atoms with Crippen molar-refractivity contribution >= 4 is 23.2 Å². The van der Waals surface area contributed by atoms with Gasteiger partial charge < -0.3 is 14.9 Å². The lowest BCUT2D eigenvalue weighted by Gasteiger charge is -2.07. The van der Waals surface area contributed by atoms with Crippen LogP contribution < -0.4 is 0 Å². The van der Waals surface area contributed by atoms with Gasteiger partial charge in [-0.25, -0.2) is 0 Å². The predicted octanol–water partition coefficient (Wildman–Crippen LogP) is 3.64. The van der Waals surface area contributed by atoms with Gasteiger partial charge in [-0.05, 0) is 19.1 Å². The fourth-order valence-electron chi connectivity index (χ4n) is 1.30. The zero-order valence-electron chi connectivity index (χ0n) is 9.47. The minimum Gasteiger partial charge on any atom is -0.475 e. The van der Waals surface area contributed by atoms with Gasteiger partial charge in [0.1, 0.15) is 0 Å². The van der Waals surface area contributed by atoms with E-state index in [2.05, 4.69) is 4.98 Å². The highest BCUT2D eigenvalue weighted by Gasteiger charge is 2.33. The van der Waals surface area contributed by atoms with Crippen LogP contribution in [-0.4, -0.2) is 16.8 Å². The molecule has 96 valence electrons. The lowest BCUT2D eigenvalue weighted by molar-refractivity contribution is 0.0874. The van der Waals surface area contributed by atoms with Crippen LogP contribution in [0.5, 0.6) is 0 Å². The van der Waals surface area contributed by atoms with Gasteiger partial charge in [0.2, 0.25) is 5.39 Å². The summed E-state index contributed by atoms with van der Waals surface area (Å²) < 4.78 is 4.75. The molecule has 0 aromatic heterocycles. The molecule has 0 aliphatic carbocycles. The number of halogens is 2. The lowest BCUT2D eigenvalue weighted by Crippen LogP contribution is -2.05. The summed E-state index contributed by atoms with van der Waals surface area (Å²) in [5.74, 6) is -0.668. The number of aliphatic hydroxyl groups is 2. The molecule has 1 rings (SSSR count). The molecule has 1 atom stereocenters. The van der Waals surface area contributed by atoms with Crippen LogP contribution in [0, 0.1) is 5.39 Å². The van der Waals surface area contributed by atoms with Crippen molar-refractivity contribution in [2.24, 2.45) is 0 Å². The first kappa shape index (κ1) is 14.6. The van der Waals surface area contributed by atoms with Gasteiger partial charge in [-0.1, -0.05) is 29.3 Å². The molecule has 0 bridgehead atoms. The van der Waals surface area contributed by atoms with Gasteiger partial charge >= 0.3 is 11.6 Å². The average molecular weight is 290 g/mol. The molecule has 0 aliphatic rings. The molecule has 0 saturated heterocycles. The lowest BCUT2D eigenvalue weighted by atomic mass is 10.1. The fraction of sp³-hybridized carbons (Fsp3) is 0.273. The zero-order chi connectivity index (χ0) is 13.7. The first-order valence-corrected chi connectivity index (χ1v) is 5.80. The summed E-state index contributed by atoms with van der Waals surface area (Å²) >= 11 is 11.6. The number of diazo groups is 1. The predicted molar refractivity (Wildman–Crippen MR) is 67.8 cm³/mol. The number of rotatable bonds is 4. The number of ether oxygens (including phenoxy) is 1. The van der Waals surface area contributed by atoms with Gasteiger partial charge in [0.25, 0.3) is 0 Å². The number of nitrogens with zero attached hydrogens (tertiary/aromatic N) is 2. The zero-order valence-corrected chi connectivity index (χ0v) is 11.0. The monoisotopic (exact) mass is 289 g/mol. The molecule has 7 heteroatoms. The Morgan fingerprint density at radius 3 is 2.67 bits per heavy atom. The summed E-state index contributed by atoms with van der Waals surface area (Å²) in [4.78, 5) is 2.81. The van der Waals surface area contributed by atoms with Crippen molar-refractivity contribution < 1.29 is 14.9 Å². The van der Waals surface area contributed by atoms with Gasteiger partial charge in [0.05, 0.1) is 6.61 Å². The van der Waals surface area contributed by atoms with Crippen molar-refractivity contribution in [2.45, 2.75) is 13.0 Å². The summed E-state index contributed by atoms with van der Waals surface area (Å²) in [5.41, 5.74) is -0.193. The average Bonchev–Trinajstić information content (AvgIpc) is 2.29. The third-order valence-corrected chi connectivity index (χ3v) is 2.69. The normalized spacial score (nSPS) is 13.5. The highest BCUT2D eigenvalue weighted by molar-refractivity contribution is 6.35. The maximum absolute atomic E-state index is 9.97. The van der Waals surface area contributed by atoms with Gasteiger partial charge in [0, 0.05) is 15.6 Å². The van der Waals surface area contributed by atoms with Crippen molar-refractivity contribution in [3.63, 3.8) is 0 Å². The molecule has 0 spiro atoms. The molecule has 1 aromatic rings. The Morgan fingerprint density at radius 2 is 2.17 bits per heavy atom. The summed E-state index contributed by atoms with van der Waals surface area (Å²) in [6, 6.07) is 4.40. The molecular formula is C11H11Cl2N2O3+. The quantitative estimate of drug-likeness (QED) is 0.655. The van der Waals surface area contributed by atoms with E-state index in [-0.39, 0.29) is 17.2 Å². The third-order valence-electron chi connectivity index (χ3n) is 2.12. The van der Waals surface area contributed by atoms with E-state index in [9.17, 15) is 10.2 Å². The third kappa shape index (κ3) is 3.26. The van der Waals surface area contributed by atoms with Crippen LogP contribution in [0.1, 0.15) is 18.6 Å². The molecule has 1 unspecified atom stereocenters. The molecule has 0 fully saturated rings. The molecular weight excluding hydrogens is 279 g/mol. The standard InChI is InChI=1S/C11H10Cl2N2O3/c1-2-18-11(17)9(15-14)10(16)7-4-3-6(12)5-8(7)13/h3-5,10,16H,2H2,1H3/p+1/b11-9-. The van der Waals surface area contributed by atoms with E-state index in [0.717, 1.165) is 0 Å². The minimum absolute atomic E-state index is 0.159.